The molecule has 4 aromatic carbocycles. The second-order valence-corrected chi connectivity index (χ2v) is 11.7. The van der Waals surface area contributed by atoms with Crippen LogP contribution < -0.4 is 14.4 Å². The van der Waals surface area contributed by atoms with Gasteiger partial charge in [0.2, 0.25) is 5.13 Å². The lowest BCUT2D eigenvalue weighted by Gasteiger charge is -2.23. The van der Waals surface area contributed by atoms with E-state index in [4.69, 9.17) is 9.47 Å². The zero-order valence-electron chi connectivity index (χ0n) is 23.0. The first-order valence-corrected chi connectivity index (χ1v) is 14.9. The number of nitrogens with zero attached hydrogens (tertiary/aromatic N) is 3. The predicted octanol–water partition coefficient (Wildman–Crippen LogP) is 6.77. The van der Waals surface area contributed by atoms with E-state index in [-0.39, 0.29) is 21.8 Å². The number of benzene rings is 4. The topological polar surface area (TPSA) is 102 Å². The van der Waals surface area contributed by atoms with Gasteiger partial charge in [-0.15, -0.1) is 10.2 Å². The summed E-state index contributed by atoms with van der Waals surface area (Å²) in [5, 5.41) is 22.2. The van der Waals surface area contributed by atoms with E-state index in [0.29, 0.717) is 21.6 Å². The smallest absolute Gasteiger partial charge is 0.301 e. The summed E-state index contributed by atoms with van der Waals surface area (Å²) in [6.45, 7) is 0. The molecule has 2 heterocycles. The molecule has 0 saturated carbocycles. The van der Waals surface area contributed by atoms with Crippen LogP contribution in [0.3, 0.4) is 0 Å². The highest BCUT2D eigenvalue weighted by Gasteiger charge is 2.49. The van der Waals surface area contributed by atoms with Crippen LogP contribution in [0.2, 0.25) is 0 Å². The molecular weight excluding hydrogens is 590 g/mol. The zero-order valence-corrected chi connectivity index (χ0v) is 24.6. The van der Waals surface area contributed by atoms with Crippen molar-refractivity contribution in [2.45, 2.75) is 16.1 Å². The first-order chi connectivity index (χ1) is 20.9. The maximum Gasteiger partial charge on any atom is 0.301 e. The highest BCUT2D eigenvalue weighted by atomic mass is 32.2. The number of fused-ring (bicyclic) bond motifs is 1. The fourth-order valence-corrected chi connectivity index (χ4v) is 6.95. The average Bonchev–Trinajstić information content (AvgIpc) is 3.61. The van der Waals surface area contributed by atoms with Crippen LogP contribution in [0.4, 0.5) is 9.52 Å². The first kappa shape index (κ1) is 28.4. The molecular formula is C32H24FN3O5S2. The van der Waals surface area contributed by atoms with Crippen LogP contribution in [0.5, 0.6) is 11.5 Å². The van der Waals surface area contributed by atoms with Gasteiger partial charge in [-0.2, -0.15) is 0 Å². The molecule has 1 fully saturated rings. The summed E-state index contributed by atoms with van der Waals surface area (Å²) >= 11 is 2.56. The van der Waals surface area contributed by atoms with E-state index in [1.807, 2.05) is 36.4 Å². The second kappa shape index (κ2) is 11.9. The van der Waals surface area contributed by atoms with Crippen molar-refractivity contribution < 1.29 is 28.6 Å². The van der Waals surface area contributed by atoms with Crippen LogP contribution in [-0.2, 0) is 15.3 Å². The normalized spacial score (nSPS) is 16.2. The Hall–Kier alpha value is -4.74. The number of hydrogen-bond donors (Lipinski definition) is 1. The van der Waals surface area contributed by atoms with Gasteiger partial charge in [-0.05, 0) is 40.6 Å². The molecule has 0 bridgehead atoms. The number of aliphatic hydroxyl groups excluding tert-OH is 1. The van der Waals surface area contributed by atoms with Crippen molar-refractivity contribution in [2.24, 2.45) is 0 Å². The number of methoxy groups -OCH3 is 2. The molecule has 1 N–H and O–H groups in total. The standard InChI is InChI=1S/C32H24FN3O5S2/c1-40-24-15-14-19(16-25(24)41-2)28(37)26-27(22-12-5-6-13-23(22)33)36(30(39)29(26)38)31-34-35-32(43-31)42-17-20-10-7-9-18-8-3-4-11-21(18)20/h3-16,27,37H,17H2,1-2H3/t27-/m1/s1. The largest absolute Gasteiger partial charge is 0.507 e. The minimum atomic E-state index is -1.28. The van der Waals surface area contributed by atoms with E-state index in [1.54, 1.807) is 12.1 Å². The number of carbonyl (C=O) groups excluding carboxylic acids is 2. The Morgan fingerprint density at radius 1 is 0.953 bits per heavy atom. The molecule has 1 amide bonds. The summed E-state index contributed by atoms with van der Waals surface area (Å²) in [6, 6.07) is 23.3. The molecule has 1 aromatic heterocycles. The van der Waals surface area contributed by atoms with Crippen LogP contribution in [0.1, 0.15) is 22.7 Å². The number of aliphatic hydroxyl groups is 1. The highest BCUT2D eigenvalue weighted by Crippen LogP contribution is 2.45. The molecule has 8 nitrogen and oxygen atoms in total. The lowest BCUT2D eigenvalue weighted by molar-refractivity contribution is -0.132. The lowest BCUT2D eigenvalue weighted by atomic mass is 9.95. The fourth-order valence-electron chi connectivity index (χ4n) is 5.08. The van der Waals surface area contributed by atoms with Gasteiger partial charge in [0.25, 0.3) is 5.78 Å². The molecule has 1 atom stereocenters. The number of anilines is 1. The molecule has 11 heteroatoms. The van der Waals surface area contributed by atoms with Crippen LogP contribution in [0.25, 0.3) is 16.5 Å². The van der Waals surface area contributed by atoms with Gasteiger partial charge in [0.1, 0.15) is 17.6 Å². The van der Waals surface area contributed by atoms with E-state index < -0.39 is 29.3 Å². The van der Waals surface area contributed by atoms with Crippen molar-refractivity contribution in [1.29, 1.82) is 0 Å². The molecule has 0 aliphatic carbocycles. The van der Waals surface area contributed by atoms with E-state index in [2.05, 4.69) is 16.3 Å². The van der Waals surface area contributed by atoms with Gasteiger partial charge in [-0.1, -0.05) is 83.8 Å². The summed E-state index contributed by atoms with van der Waals surface area (Å²) in [6.07, 6.45) is 0. The predicted molar refractivity (Wildman–Crippen MR) is 164 cm³/mol. The average molecular weight is 614 g/mol. The number of Topliss-reactive ketones (excluding diaryl/α,β-unsaturated/α-hetero) is 1. The SMILES string of the molecule is COc1ccc(C(O)=C2C(=O)C(=O)N(c3nnc(SCc4cccc5ccccc45)s3)[C@@H]2c2ccccc2F)cc1OC. The Morgan fingerprint density at radius 2 is 1.70 bits per heavy atom. The molecule has 43 heavy (non-hydrogen) atoms. The summed E-state index contributed by atoms with van der Waals surface area (Å²) in [5.41, 5.74) is 1.06. The van der Waals surface area contributed by atoms with Crippen molar-refractivity contribution in [3.05, 3.63) is 113 Å². The van der Waals surface area contributed by atoms with E-state index in [9.17, 15) is 14.7 Å². The van der Waals surface area contributed by atoms with Crippen LogP contribution >= 0.6 is 23.1 Å². The number of halogens is 1. The fraction of sp³-hybridized carbons (Fsp3) is 0.125. The number of ether oxygens (including phenoxy) is 2. The molecule has 0 unspecified atom stereocenters. The van der Waals surface area contributed by atoms with Crippen LogP contribution in [-0.4, -0.2) is 41.2 Å². The number of ketones is 1. The summed E-state index contributed by atoms with van der Waals surface area (Å²) in [4.78, 5) is 28.1. The van der Waals surface area contributed by atoms with Crippen molar-refractivity contribution >= 4 is 56.5 Å². The number of carbonyl (C=O) groups is 2. The highest BCUT2D eigenvalue weighted by molar-refractivity contribution is 8.00. The number of hydrogen-bond acceptors (Lipinski definition) is 9. The molecule has 6 rings (SSSR count). The molecule has 1 aliphatic rings. The van der Waals surface area contributed by atoms with Gasteiger partial charge in [-0.3, -0.25) is 14.5 Å². The summed E-state index contributed by atoms with van der Waals surface area (Å²) in [5.74, 6) is -1.73. The van der Waals surface area contributed by atoms with Gasteiger partial charge in [0.05, 0.1) is 19.8 Å². The number of thioether (sulfide) groups is 1. The van der Waals surface area contributed by atoms with E-state index in [1.165, 1.54) is 56.3 Å². The molecule has 5 aromatic rings. The van der Waals surface area contributed by atoms with Gasteiger partial charge in [0, 0.05) is 16.9 Å². The molecule has 216 valence electrons. The van der Waals surface area contributed by atoms with Gasteiger partial charge in [-0.25, -0.2) is 4.39 Å². The monoisotopic (exact) mass is 613 g/mol. The second-order valence-electron chi connectivity index (χ2n) is 9.54. The quantitative estimate of drug-likeness (QED) is 0.0673. The van der Waals surface area contributed by atoms with Crippen molar-refractivity contribution in [1.82, 2.24) is 10.2 Å². The van der Waals surface area contributed by atoms with Crippen molar-refractivity contribution in [3.8, 4) is 11.5 Å². The number of aromatic nitrogens is 2. The Labute approximate surface area is 254 Å². The Bertz CT molecular complexity index is 1900. The zero-order chi connectivity index (χ0) is 30.1. The molecule has 0 spiro atoms. The minimum absolute atomic E-state index is 0.0314. The van der Waals surface area contributed by atoms with Crippen molar-refractivity contribution in [2.75, 3.05) is 19.1 Å². The maximum absolute atomic E-state index is 15.3. The Kier molecular flexibility index (Phi) is 7.83. The van der Waals surface area contributed by atoms with E-state index >= 15 is 4.39 Å². The minimum Gasteiger partial charge on any atom is -0.507 e. The van der Waals surface area contributed by atoms with Gasteiger partial charge >= 0.3 is 5.91 Å². The summed E-state index contributed by atoms with van der Waals surface area (Å²) in [7, 11) is 2.91. The number of amides is 1. The van der Waals surface area contributed by atoms with Gasteiger partial charge < -0.3 is 14.6 Å². The number of rotatable bonds is 8. The molecule has 1 aliphatic heterocycles. The lowest BCUT2D eigenvalue weighted by Crippen LogP contribution is -2.29. The molecule has 0 radical (unpaired) electrons. The van der Waals surface area contributed by atoms with E-state index in [0.717, 1.165) is 32.6 Å². The molecule has 1 saturated heterocycles. The third-order valence-electron chi connectivity index (χ3n) is 7.13. The van der Waals surface area contributed by atoms with Gasteiger partial charge in [0.15, 0.2) is 15.8 Å². The van der Waals surface area contributed by atoms with Crippen LogP contribution in [0, 0.1) is 5.82 Å². The maximum atomic E-state index is 15.3. The Balaban J connectivity index is 1.39. The summed E-state index contributed by atoms with van der Waals surface area (Å²) < 4.78 is 26.4. The van der Waals surface area contributed by atoms with Crippen LogP contribution in [0.15, 0.2) is 94.8 Å². The van der Waals surface area contributed by atoms with Crippen molar-refractivity contribution in [3.63, 3.8) is 0 Å². The first-order valence-electron chi connectivity index (χ1n) is 13.1. The third kappa shape index (κ3) is 5.21. The third-order valence-corrected chi connectivity index (χ3v) is 9.24. The Morgan fingerprint density at radius 3 is 2.49 bits per heavy atom.